The zero-order valence-electron chi connectivity index (χ0n) is 10.5. The summed E-state index contributed by atoms with van der Waals surface area (Å²) in [5, 5.41) is 0. The zero-order valence-corrected chi connectivity index (χ0v) is 12.1. The van der Waals surface area contributed by atoms with Gasteiger partial charge in [0.05, 0.1) is 15.6 Å². The van der Waals surface area contributed by atoms with Crippen molar-refractivity contribution >= 4 is 21.7 Å². The van der Waals surface area contributed by atoms with Gasteiger partial charge in [-0.2, -0.15) is 13.2 Å². The van der Waals surface area contributed by atoms with Gasteiger partial charge in [0.15, 0.2) is 5.78 Å². The van der Waals surface area contributed by atoms with Crippen LogP contribution in [0.5, 0.6) is 0 Å². The van der Waals surface area contributed by atoms with E-state index in [0.717, 1.165) is 12.1 Å². The predicted octanol–water partition coefficient (Wildman–Crippen LogP) is 5.03. The first kappa shape index (κ1) is 15.7. The first-order chi connectivity index (χ1) is 9.79. The van der Waals surface area contributed by atoms with Gasteiger partial charge in [-0.25, -0.2) is 4.39 Å². The molecule has 0 saturated carbocycles. The molecule has 6 heteroatoms. The summed E-state index contributed by atoms with van der Waals surface area (Å²) in [4.78, 5) is 12.0. The maximum absolute atomic E-state index is 13.8. The van der Waals surface area contributed by atoms with Gasteiger partial charge < -0.3 is 0 Å². The van der Waals surface area contributed by atoms with Crippen molar-refractivity contribution in [3.8, 4) is 0 Å². The molecule has 0 aliphatic carbocycles. The molecule has 0 saturated heterocycles. The molecule has 110 valence electrons. The summed E-state index contributed by atoms with van der Waals surface area (Å²) in [6, 6.07) is 8.57. The van der Waals surface area contributed by atoms with Crippen LogP contribution in [0, 0.1) is 5.82 Å². The number of carbonyl (C=O) groups excluding carboxylic acids is 1. The first-order valence-corrected chi connectivity index (χ1v) is 6.71. The van der Waals surface area contributed by atoms with Crippen LogP contribution in [-0.2, 0) is 12.6 Å². The summed E-state index contributed by atoms with van der Waals surface area (Å²) in [5.41, 5.74) is -0.482. The fourth-order valence-corrected chi connectivity index (χ4v) is 2.18. The lowest BCUT2D eigenvalue weighted by atomic mass is 10.0. The van der Waals surface area contributed by atoms with E-state index in [1.165, 1.54) is 30.3 Å². The molecular formula is C15H9BrF4O. The molecule has 0 atom stereocenters. The molecule has 0 fully saturated rings. The van der Waals surface area contributed by atoms with E-state index in [9.17, 15) is 22.4 Å². The lowest BCUT2D eigenvalue weighted by Crippen LogP contribution is -2.08. The quantitative estimate of drug-likeness (QED) is 0.554. The third-order valence-electron chi connectivity index (χ3n) is 2.90. The number of rotatable bonds is 3. The molecule has 0 N–H and O–H groups in total. The Bertz CT molecular complexity index is 662. The topological polar surface area (TPSA) is 17.1 Å². The van der Waals surface area contributed by atoms with Crippen LogP contribution < -0.4 is 0 Å². The van der Waals surface area contributed by atoms with Crippen molar-refractivity contribution < 1.29 is 22.4 Å². The fraction of sp³-hybridized carbons (Fsp3) is 0.133. The van der Waals surface area contributed by atoms with E-state index in [1.807, 2.05) is 0 Å². The highest BCUT2D eigenvalue weighted by Gasteiger charge is 2.30. The molecule has 0 unspecified atom stereocenters. The summed E-state index contributed by atoms with van der Waals surface area (Å²) in [6.07, 6.45) is -4.58. The number of hydrogen-bond acceptors (Lipinski definition) is 1. The maximum atomic E-state index is 13.8. The van der Waals surface area contributed by atoms with E-state index >= 15 is 0 Å². The number of Topliss-reactive ketones (excluding diaryl/α,β-unsaturated/α-hetero) is 1. The zero-order chi connectivity index (χ0) is 15.6. The Kier molecular flexibility index (Phi) is 4.46. The molecule has 0 radical (unpaired) electrons. The molecule has 0 heterocycles. The molecule has 2 aromatic rings. The molecule has 1 nitrogen and oxygen atoms in total. The smallest absolute Gasteiger partial charge is 0.294 e. The summed E-state index contributed by atoms with van der Waals surface area (Å²) < 4.78 is 51.2. The number of ketones is 1. The lowest BCUT2D eigenvalue weighted by Gasteiger charge is -2.08. The molecule has 2 rings (SSSR count). The van der Waals surface area contributed by atoms with Crippen molar-refractivity contribution in [3.63, 3.8) is 0 Å². The van der Waals surface area contributed by atoms with Crippen molar-refractivity contribution in [1.29, 1.82) is 0 Å². The van der Waals surface area contributed by atoms with Gasteiger partial charge in [-0.3, -0.25) is 4.79 Å². The molecule has 21 heavy (non-hydrogen) atoms. The first-order valence-electron chi connectivity index (χ1n) is 5.92. The highest BCUT2D eigenvalue weighted by atomic mass is 79.9. The third kappa shape index (κ3) is 3.69. The Balaban J connectivity index is 2.18. The predicted molar refractivity (Wildman–Crippen MR) is 73.6 cm³/mol. The van der Waals surface area contributed by atoms with Gasteiger partial charge in [-0.1, -0.05) is 18.2 Å². The second-order valence-corrected chi connectivity index (χ2v) is 5.25. The van der Waals surface area contributed by atoms with E-state index in [4.69, 9.17) is 0 Å². The lowest BCUT2D eigenvalue weighted by molar-refractivity contribution is -0.137. The summed E-state index contributed by atoms with van der Waals surface area (Å²) in [5.74, 6) is -1.16. The van der Waals surface area contributed by atoms with Crippen molar-refractivity contribution in [1.82, 2.24) is 0 Å². The number of benzene rings is 2. The Labute approximate surface area is 126 Å². The largest absolute Gasteiger partial charge is 0.416 e. The van der Waals surface area contributed by atoms with Crippen molar-refractivity contribution in [2.45, 2.75) is 12.6 Å². The van der Waals surface area contributed by atoms with Crippen molar-refractivity contribution in [2.24, 2.45) is 0 Å². The minimum absolute atomic E-state index is 0.0933. The van der Waals surface area contributed by atoms with Crippen LogP contribution in [-0.4, -0.2) is 5.78 Å². The Morgan fingerprint density at radius 1 is 1.05 bits per heavy atom. The SMILES string of the molecule is O=C(Cc1ccc(C(F)(F)F)cc1)c1cccc(Br)c1F. The van der Waals surface area contributed by atoms with Crippen LogP contribution in [0.25, 0.3) is 0 Å². The standard InChI is InChI=1S/C15H9BrF4O/c16-12-3-1-2-11(14(12)17)13(21)8-9-4-6-10(7-5-9)15(18,19)20/h1-7H,8H2. The number of alkyl halides is 3. The molecule has 2 aromatic carbocycles. The Morgan fingerprint density at radius 3 is 2.24 bits per heavy atom. The highest BCUT2D eigenvalue weighted by Crippen LogP contribution is 2.29. The van der Waals surface area contributed by atoms with Gasteiger partial charge in [-0.15, -0.1) is 0 Å². The highest BCUT2D eigenvalue weighted by molar-refractivity contribution is 9.10. The van der Waals surface area contributed by atoms with Crippen LogP contribution in [0.15, 0.2) is 46.9 Å². The normalized spacial score (nSPS) is 11.5. The molecule has 0 bridgehead atoms. The summed E-state index contributed by atoms with van der Waals surface area (Å²) in [6.45, 7) is 0. The molecular weight excluding hydrogens is 352 g/mol. The van der Waals surface area contributed by atoms with Gasteiger partial charge in [0.2, 0.25) is 0 Å². The minimum atomic E-state index is -4.42. The average molecular weight is 361 g/mol. The molecule has 0 aliphatic rings. The van der Waals surface area contributed by atoms with E-state index in [-0.39, 0.29) is 16.5 Å². The second-order valence-electron chi connectivity index (χ2n) is 4.40. The Morgan fingerprint density at radius 2 is 1.67 bits per heavy atom. The van der Waals surface area contributed by atoms with Crippen LogP contribution in [0.2, 0.25) is 0 Å². The third-order valence-corrected chi connectivity index (χ3v) is 3.51. The van der Waals surface area contributed by atoms with Crippen LogP contribution in [0.3, 0.4) is 0 Å². The minimum Gasteiger partial charge on any atom is -0.294 e. The van der Waals surface area contributed by atoms with E-state index in [0.29, 0.717) is 5.56 Å². The van der Waals surface area contributed by atoms with Crippen molar-refractivity contribution in [2.75, 3.05) is 0 Å². The van der Waals surface area contributed by atoms with Gasteiger partial charge in [-0.05, 0) is 45.8 Å². The molecule has 0 spiro atoms. The van der Waals surface area contributed by atoms with Crippen molar-refractivity contribution in [3.05, 3.63) is 69.4 Å². The molecule has 0 aliphatic heterocycles. The second kappa shape index (κ2) is 5.97. The van der Waals surface area contributed by atoms with Gasteiger partial charge >= 0.3 is 6.18 Å². The van der Waals surface area contributed by atoms with Gasteiger partial charge in [0.25, 0.3) is 0 Å². The summed E-state index contributed by atoms with van der Waals surface area (Å²) in [7, 11) is 0. The average Bonchev–Trinajstić information content (AvgIpc) is 2.41. The molecule has 0 aromatic heterocycles. The van der Waals surface area contributed by atoms with E-state index in [2.05, 4.69) is 15.9 Å². The number of hydrogen-bond donors (Lipinski definition) is 0. The van der Waals surface area contributed by atoms with Gasteiger partial charge in [0.1, 0.15) is 5.82 Å². The molecule has 0 amide bonds. The Hall–Kier alpha value is -1.69. The number of halogens is 5. The van der Waals surface area contributed by atoms with Crippen LogP contribution >= 0.6 is 15.9 Å². The van der Waals surface area contributed by atoms with Gasteiger partial charge in [0, 0.05) is 6.42 Å². The van der Waals surface area contributed by atoms with E-state index < -0.39 is 23.3 Å². The monoisotopic (exact) mass is 360 g/mol. The summed E-state index contributed by atoms with van der Waals surface area (Å²) >= 11 is 2.98. The van der Waals surface area contributed by atoms with Crippen LogP contribution in [0.4, 0.5) is 17.6 Å². The number of carbonyl (C=O) groups is 1. The van der Waals surface area contributed by atoms with Crippen LogP contribution in [0.1, 0.15) is 21.5 Å². The fourth-order valence-electron chi connectivity index (χ4n) is 1.81. The van der Waals surface area contributed by atoms with E-state index in [1.54, 1.807) is 0 Å². The maximum Gasteiger partial charge on any atom is 0.416 e.